The van der Waals surface area contributed by atoms with Crippen molar-refractivity contribution in [3.63, 3.8) is 0 Å². The molecule has 6 nitrogen and oxygen atoms in total. The second-order valence-electron chi connectivity index (χ2n) is 5.89. The number of rotatable bonds is 4. The maximum absolute atomic E-state index is 12.5. The molecule has 2 aromatic heterocycles. The lowest BCUT2D eigenvalue weighted by Crippen LogP contribution is -2.16. The van der Waals surface area contributed by atoms with Crippen LogP contribution in [0.4, 0.5) is 5.69 Å². The first-order valence-electron chi connectivity index (χ1n) is 7.90. The molecule has 4 aromatic rings. The number of anilines is 1. The van der Waals surface area contributed by atoms with Crippen molar-refractivity contribution in [1.29, 1.82) is 0 Å². The fraction of sp³-hybridized carbons (Fsp3) is 0.111. The smallest absolute Gasteiger partial charge is 0.231 e. The summed E-state index contributed by atoms with van der Waals surface area (Å²) in [5.41, 5.74) is 5.03. The molecule has 0 unspecified atom stereocenters. The van der Waals surface area contributed by atoms with Crippen LogP contribution in [0.2, 0.25) is 5.02 Å². The molecule has 130 valence electrons. The van der Waals surface area contributed by atoms with Crippen LogP contribution in [0, 0.1) is 6.92 Å². The highest BCUT2D eigenvalue weighted by Gasteiger charge is 2.11. The number of nitrogens with one attached hydrogen (secondary N) is 2. The van der Waals surface area contributed by atoms with Gasteiger partial charge in [0, 0.05) is 21.7 Å². The fourth-order valence-corrected chi connectivity index (χ4v) is 3.31. The summed E-state index contributed by atoms with van der Waals surface area (Å²) in [4.78, 5) is 20.0. The Morgan fingerprint density at radius 3 is 2.96 bits per heavy atom. The Kier molecular flexibility index (Phi) is 4.40. The lowest BCUT2D eigenvalue weighted by molar-refractivity contribution is -0.115. The van der Waals surface area contributed by atoms with E-state index in [-0.39, 0.29) is 12.3 Å². The quantitative estimate of drug-likeness (QED) is 0.552. The third kappa shape index (κ3) is 3.44. The number of amides is 1. The Bertz CT molecular complexity index is 1090. The van der Waals surface area contributed by atoms with E-state index in [0.29, 0.717) is 10.8 Å². The van der Waals surface area contributed by atoms with Crippen LogP contribution in [0.3, 0.4) is 0 Å². The molecule has 0 spiro atoms. The zero-order chi connectivity index (χ0) is 18.1. The molecule has 0 saturated carbocycles. The first-order chi connectivity index (χ1) is 12.6. The highest BCUT2D eigenvalue weighted by atomic mass is 35.5. The predicted molar refractivity (Wildman–Crippen MR) is 104 cm³/mol. The molecule has 1 amide bonds. The van der Waals surface area contributed by atoms with Crippen molar-refractivity contribution in [2.24, 2.45) is 0 Å². The zero-order valence-corrected chi connectivity index (χ0v) is 15.4. The molecule has 0 atom stereocenters. The highest BCUT2D eigenvalue weighted by Crippen LogP contribution is 2.25. The van der Waals surface area contributed by atoms with Gasteiger partial charge in [0.15, 0.2) is 0 Å². The molecule has 0 fully saturated rings. The molecular weight excluding hydrogens is 370 g/mol. The van der Waals surface area contributed by atoms with Crippen molar-refractivity contribution in [1.82, 2.24) is 19.6 Å². The third-order valence-electron chi connectivity index (χ3n) is 3.99. The number of aryl methyl sites for hydroxylation is 1. The fourth-order valence-electron chi connectivity index (χ4n) is 2.67. The number of imidazole rings is 1. The maximum Gasteiger partial charge on any atom is 0.231 e. The molecule has 26 heavy (non-hydrogen) atoms. The molecule has 2 heterocycles. The molecule has 0 saturated heterocycles. The molecular formula is C18H14ClN5OS. The van der Waals surface area contributed by atoms with Crippen molar-refractivity contribution < 1.29 is 4.79 Å². The molecule has 2 N–H and O–H groups in total. The molecule has 4 rings (SSSR count). The van der Waals surface area contributed by atoms with Crippen LogP contribution in [0.15, 0.2) is 41.8 Å². The van der Waals surface area contributed by atoms with Gasteiger partial charge in [-0.3, -0.25) is 4.79 Å². The SMILES string of the molecule is Cc1ccc(-c2csnn2)cc1NC(=O)Cc1nc2ccc(Cl)cc2[nH]1. The summed E-state index contributed by atoms with van der Waals surface area (Å²) in [5, 5.41) is 9.51. The Hall–Kier alpha value is -2.77. The van der Waals surface area contributed by atoms with Crippen LogP contribution < -0.4 is 5.32 Å². The minimum Gasteiger partial charge on any atom is -0.342 e. The molecule has 2 aromatic carbocycles. The molecule has 0 aliphatic rings. The Labute approximate surface area is 158 Å². The average Bonchev–Trinajstić information content (AvgIpc) is 3.25. The van der Waals surface area contributed by atoms with Crippen LogP contribution in [0.1, 0.15) is 11.4 Å². The largest absolute Gasteiger partial charge is 0.342 e. The van der Waals surface area contributed by atoms with Gasteiger partial charge in [-0.25, -0.2) is 4.98 Å². The number of benzene rings is 2. The number of H-pyrrole nitrogens is 1. The standard InChI is InChI=1S/C18H14ClN5OS/c1-10-2-3-11(16-9-26-24-23-16)6-14(10)22-18(25)8-17-20-13-5-4-12(19)7-15(13)21-17/h2-7,9H,8H2,1H3,(H,20,21)(H,22,25). The van der Waals surface area contributed by atoms with Crippen molar-refractivity contribution >= 4 is 45.8 Å². The monoisotopic (exact) mass is 383 g/mol. The second-order valence-corrected chi connectivity index (χ2v) is 6.94. The van der Waals surface area contributed by atoms with Crippen LogP contribution in [-0.2, 0) is 11.2 Å². The van der Waals surface area contributed by atoms with Crippen molar-refractivity contribution in [2.45, 2.75) is 13.3 Å². The summed E-state index contributed by atoms with van der Waals surface area (Å²) < 4.78 is 3.88. The van der Waals surface area contributed by atoms with Crippen LogP contribution in [0.5, 0.6) is 0 Å². The van der Waals surface area contributed by atoms with Crippen LogP contribution >= 0.6 is 23.1 Å². The molecule has 0 aliphatic heterocycles. The van der Waals surface area contributed by atoms with E-state index in [2.05, 4.69) is 24.9 Å². The van der Waals surface area contributed by atoms with E-state index in [9.17, 15) is 4.79 Å². The molecule has 0 bridgehead atoms. The van der Waals surface area contributed by atoms with E-state index >= 15 is 0 Å². The van der Waals surface area contributed by atoms with Gasteiger partial charge in [0.05, 0.1) is 17.5 Å². The minimum atomic E-state index is -0.146. The van der Waals surface area contributed by atoms with Crippen LogP contribution in [-0.4, -0.2) is 25.5 Å². The topological polar surface area (TPSA) is 83.6 Å². The van der Waals surface area contributed by atoms with Crippen molar-refractivity contribution in [3.8, 4) is 11.3 Å². The van der Waals surface area contributed by atoms with Gasteiger partial charge in [-0.1, -0.05) is 28.2 Å². The number of aromatic nitrogens is 4. The summed E-state index contributed by atoms with van der Waals surface area (Å²) in [5.74, 6) is 0.448. The Morgan fingerprint density at radius 2 is 2.15 bits per heavy atom. The number of carbonyl (C=O) groups excluding carboxylic acids is 1. The zero-order valence-electron chi connectivity index (χ0n) is 13.8. The number of nitrogens with zero attached hydrogens (tertiary/aromatic N) is 3. The summed E-state index contributed by atoms with van der Waals surface area (Å²) in [7, 11) is 0. The third-order valence-corrected chi connectivity index (χ3v) is 4.73. The van der Waals surface area contributed by atoms with Gasteiger partial charge in [-0.2, -0.15) is 0 Å². The van der Waals surface area contributed by atoms with E-state index in [1.807, 2.05) is 36.6 Å². The number of fused-ring (bicyclic) bond motifs is 1. The van der Waals surface area contributed by atoms with E-state index in [1.165, 1.54) is 11.5 Å². The summed E-state index contributed by atoms with van der Waals surface area (Å²) >= 11 is 7.27. The van der Waals surface area contributed by atoms with Crippen LogP contribution in [0.25, 0.3) is 22.3 Å². The van der Waals surface area contributed by atoms with Crippen molar-refractivity contribution in [2.75, 3.05) is 5.32 Å². The lowest BCUT2D eigenvalue weighted by Gasteiger charge is -2.09. The van der Waals surface area contributed by atoms with Crippen molar-refractivity contribution in [3.05, 3.63) is 58.2 Å². The van der Waals surface area contributed by atoms with E-state index < -0.39 is 0 Å². The number of halogens is 1. The molecule has 0 radical (unpaired) electrons. The van der Waals surface area contributed by atoms with Gasteiger partial charge in [-0.15, -0.1) is 5.10 Å². The van der Waals surface area contributed by atoms with Gasteiger partial charge in [-0.05, 0) is 48.3 Å². The second kappa shape index (κ2) is 6.86. The Morgan fingerprint density at radius 1 is 1.27 bits per heavy atom. The van der Waals surface area contributed by atoms with Gasteiger partial charge in [0.2, 0.25) is 5.91 Å². The first-order valence-corrected chi connectivity index (χ1v) is 9.12. The molecule has 0 aliphatic carbocycles. The van der Waals surface area contributed by atoms with Gasteiger partial charge < -0.3 is 10.3 Å². The number of carbonyl (C=O) groups is 1. The Balaban J connectivity index is 1.53. The number of aromatic amines is 1. The van der Waals surface area contributed by atoms with E-state index in [0.717, 1.165) is 33.5 Å². The molecule has 8 heteroatoms. The lowest BCUT2D eigenvalue weighted by atomic mass is 10.1. The van der Waals surface area contributed by atoms with Gasteiger partial charge in [0.25, 0.3) is 0 Å². The van der Waals surface area contributed by atoms with Gasteiger partial charge >= 0.3 is 0 Å². The van der Waals surface area contributed by atoms with E-state index in [1.54, 1.807) is 12.1 Å². The summed E-state index contributed by atoms with van der Waals surface area (Å²) in [6.45, 7) is 1.95. The summed E-state index contributed by atoms with van der Waals surface area (Å²) in [6.07, 6.45) is 0.147. The van der Waals surface area contributed by atoms with E-state index in [4.69, 9.17) is 11.6 Å². The highest BCUT2D eigenvalue weighted by molar-refractivity contribution is 7.03. The maximum atomic E-state index is 12.5. The first kappa shape index (κ1) is 16.7. The predicted octanol–water partition coefficient (Wildman–Crippen LogP) is 4.22. The average molecular weight is 384 g/mol. The minimum absolute atomic E-state index is 0.146. The summed E-state index contributed by atoms with van der Waals surface area (Å²) in [6, 6.07) is 11.2. The number of hydrogen-bond acceptors (Lipinski definition) is 5. The normalized spacial score (nSPS) is 11.0. The number of hydrogen-bond donors (Lipinski definition) is 2. The van der Waals surface area contributed by atoms with Gasteiger partial charge in [0.1, 0.15) is 11.5 Å².